The molecule has 0 saturated heterocycles. The molecule has 1 heterocycles. The largest absolute Gasteiger partial charge is 0.495 e. The Morgan fingerprint density at radius 3 is 2.75 bits per heavy atom. The molecule has 0 bridgehead atoms. The fourth-order valence-electron chi connectivity index (χ4n) is 1.89. The van der Waals surface area contributed by atoms with Crippen molar-refractivity contribution in [3.05, 3.63) is 46.4 Å². The number of halogens is 1. The molecule has 0 aliphatic rings. The van der Waals surface area contributed by atoms with Crippen molar-refractivity contribution in [2.45, 2.75) is 19.2 Å². The number of benzene rings is 1. The van der Waals surface area contributed by atoms with Crippen molar-refractivity contribution in [1.82, 2.24) is 0 Å². The Kier molecular flexibility index (Phi) is 5.26. The molecule has 108 valence electrons. The number of thioether (sulfide) groups is 1. The maximum atomic E-state index is 6.09. The fourth-order valence-corrected chi connectivity index (χ4v) is 2.48. The second-order valence-corrected chi connectivity index (χ2v) is 5.73. The topological polar surface area (TPSA) is 34.4 Å². The molecule has 0 fully saturated rings. The first kappa shape index (κ1) is 15.1. The third-order valence-electron chi connectivity index (χ3n) is 2.94. The third-order valence-corrected chi connectivity index (χ3v) is 3.92. The fraction of sp³-hybridized carbons (Fsp3) is 0.333. The number of anilines is 1. The maximum Gasteiger partial charge on any atom is 0.143 e. The smallest absolute Gasteiger partial charge is 0.143 e. The van der Waals surface area contributed by atoms with Crippen LogP contribution in [0.4, 0.5) is 5.69 Å². The molecule has 1 N–H and O–H groups in total. The average Bonchev–Trinajstić information content (AvgIpc) is 2.88. The van der Waals surface area contributed by atoms with Crippen LogP contribution in [0.3, 0.4) is 0 Å². The van der Waals surface area contributed by atoms with Crippen LogP contribution in [0, 0.1) is 6.92 Å². The second-order valence-electron chi connectivity index (χ2n) is 4.46. The monoisotopic (exact) mass is 311 g/mol. The van der Waals surface area contributed by atoms with E-state index in [-0.39, 0.29) is 0 Å². The van der Waals surface area contributed by atoms with Crippen molar-refractivity contribution in [1.29, 1.82) is 0 Å². The summed E-state index contributed by atoms with van der Waals surface area (Å²) in [6.45, 7) is 2.59. The highest BCUT2D eigenvalue weighted by Crippen LogP contribution is 2.31. The van der Waals surface area contributed by atoms with Crippen LogP contribution in [0.25, 0.3) is 0 Å². The van der Waals surface area contributed by atoms with Gasteiger partial charge in [-0.15, -0.1) is 0 Å². The Bertz CT molecular complexity index is 583. The van der Waals surface area contributed by atoms with Crippen molar-refractivity contribution < 1.29 is 9.15 Å². The molecule has 3 nitrogen and oxygen atoms in total. The Hall–Kier alpha value is -1.26. The number of aryl methyl sites for hydroxylation is 1. The van der Waals surface area contributed by atoms with E-state index in [9.17, 15) is 0 Å². The number of hydrogen-bond acceptors (Lipinski definition) is 4. The maximum absolute atomic E-state index is 6.09. The lowest BCUT2D eigenvalue weighted by molar-refractivity contribution is 0.416. The molecule has 0 spiro atoms. The highest BCUT2D eigenvalue weighted by Gasteiger charge is 2.08. The van der Waals surface area contributed by atoms with E-state index in [2.05, 4.69) is 11.6 Å². The average molecular weight is 312 g/mol. The quantitative estimate of drug-likeness (QED) is 0.836. The SMILES string of the molecule is COc1cc(Cl)c(C)cc1NCc1ccc(CSC)o1. The Morgan fingerprint density at radius 1 is 1.30 bits per heavy atom. The van der Waals surface area contributed by atoms with E-state index in [0.717, 1.165) is 34.3 Å². The summed E-state index contributed by atoms with van der Waals surface area (Å²) in [4.78, 5) is 0. The molecule has 5 heteroatoms. The molecule has 0 amide bonds. The van der Waals surface area contributed by atoms with E-state index in [1.165, 1.54) is 0 Å². The predicted molar refractivity (Wildman–Crippen MR) is 86.0 cm³/mol. The summed E-state index contributed by atoms with van der Waals surface area (Å²) in [5, 5.41) is 4.02. The molecule has 1 aromatic carbocycles. The van der Waals surface area contributed by atoms with E-state index in [4.69, 9.17) is 20.8 Å². The lowest BCUT2D eigenvalue weighted by Crippen LogP contribution is -2.01. The van der Waals surface area contributed by atoms with Gasteiger partial charge in [-0.1, -0.05) is 11.6 Å². The number of nitrogens with one attached hydrogen (secondary N) is 1. The molecule has 0 atom stereocenters. The van der Waals surface area contributed by atoms with Gasteiger partial charge in [-0.05, 0) is 36.9 Å². The standard InChI is InChI=1S/C15H18ClNO2S/c1-10-6-14(15(18-2)7-13(10)16)17-8-11-4-5-12(19-11)9-20-3/h4-7,17H,8-9H2,1-3H3. The van der Waals surface area contributed by atoms with Crippen molar-refractivity contribution in [2.24, 2.45) is 0 Å². The van der Waals surface area contributed by atoms with E-state index in [0.29, 0.717) is 11.6 Å². The second kappa shape index (κ2) is 6.95. The highest BCUT2D eigenvalue weighted by atomic mass is 35.5. The third kappa shape index (κ3) is 3.64. The molecule has 0 unspecified atom stereocenters. The molecule has 2 rings (SSSR count). The molecule has 1 aromatic heterocycles. The first-order chi connectivity index (χ1) is 9.63. The van der Waals surface area contributed by atoms with E-state index >= 15 is 0 Å². The van der Waals surface area contributed by atoms with Crippen molar-refractivity contribution in [3.8, 4) is 5.75 Å². The molecule has 0 radical (unpaired) electrons. The van der Waals surface area contributed by atoms with Crippen LogP contribution >= 0.6 is 23.4 Å². The molecule has 0 aliphatic heterocycles. The molecule has 20 heavy (non-hydrogen) atoms. The van der Waals surface area contributed by atoms with Crippen molar-refractivity contribution in [3.63, 3.8) is 0 Å². The summed E-state index contributed by atoms with van der Waals surface area (Å²) in [5.41, 5.74) is 1.93. The van der Waals surface area contributed by atoms with Crippen LogP contribution in [-0.2, 0) is 12.3 Å². The van der Waals surface area contributed by atoms with E-state index < -0.39 is 0 Å². The number of ether oxygens (including phenoxy) is 1. The number of hydrogen-bond donors (Lipinski definition) is 1. The Balaban J connectivity index is 2.07. The lowest BCUT2D eigenvalue weighted by atomic mass is 10.2. The summed E-state index contributed by atoms with van der Waals surface area (Å²) in [5.74, 6) is 3.53. The number of furan rings is 1. The molecular formula is C15H18ClNO2S. The first-order valence-electron chi connectivity index (χ1n) is 6.28. The summed E-state index contributed by atoms with van der Waals surface area (Å²) in [7, 11) is 1.63. The van der Waals surface area contributed by atoms with Gasteiger partial charge in [0.2, 0.25) is 0 Å². The summed E-state index contributed by atoms with van der Waals surface area (Å²) >= 11 is 7.83. The van der Waals surface area contributed by atoms with Crippen LogP contribution in [-0.4, -0.2) is 13.4 Å². The molecule has 0 saturated carbocycles. The van der Waals surface area contributed by atoms with Crippen molar-refractivity contribution in [2.75, 3.05) is 18.7 Å². The Morgan fingerprint density at radius 2 is 2.05 bits per heavy atom. The van der Waals surface area contributed by atoms with Gasteiger partial charge in [-0.25, -0.2) is 0 Å². The normalized spacial score (nSPS) is 10.6. The van der Waals surface area contributed by atoms with Crippen LogP contribution in [0.1, 0.15) is 17.1 Å². The van der Waals surface area contributed by atoms with Crippen LogP contribution in [0.5, 0.6) is 5.75 Å². The molecular weight excluding hydrogens is 294 g/mol. The lowest BCUT2D eigenvalue weighted by Gasteiger charge is -2.12. The zero-order valence-electron chi connectivity index (χ0n) is 11.8. The van der Waals surface area contributed by atoms with E-state index in [1.807, 2.05) is 31.2 Å². The van der Waals surface area contributed by atoms with Crippen LogP contribution < -0.4 is 10.1 Å². The molecule has 2 aromatic rings. The number of rotatable bonds is 6. The zero-order chi connectivity index (χ0) is 14.5. The van der Waals surface area contributed by atoms with Gasteiger partial charge in [-0.2, -0.15) is 11.8 Å². The van der Waals surface area contributed by atoms with Crippen LogP contribution in [0.15, 0.2) is 28.7 Å². The highest BCUT2D eigenvalue weighted by molar-refractivity contribution is 7.97. The van der Waals surface area contributed by atoms with Gasteiger partial charge in [0.15, 0.2) is 0 Å². The predicted octanol–water partition coefficient (Wildman–Crippen LogP) is 4.73. The first-order valence-corrected chi connectivity index (χ1v) is 8.05. The summed E-state index contributed by atoms with van der Waals surface area (Å²) in [6.07, 6.45) is 2.06. The summed E-state index contributed by atoms with van der Waals surface area (Å²) < 4.78 is 11.1. The van der Waals surface area contributed by atoms with Gasteiger partial charge in [-0.3, -0.25) is 0 Å². The Labute approximate surface area is 128 Å². The minimum Gasteiger partial charge on any atom is -0.495 e. The molecule has 0 aliphatic carbocycles. The van der Waals surface area contributed by atoms with Gasteiger partial charge < -0.3 is 14.5 Å². The minimum absolute atomic E-state index is 0.617. The van der Waals surface area contributed by atoms with Crippen LogP contribution in [0.2, 0.25) is 5.02 Å². The van der Waals surface area contributed by atoms with Crippen molar-refractivity contribution >= 4 is 29.1 Å². The van der Waals surface area contributed by atoms with E-state index in [1.54, 1.807) is 18.9 Å². The van der Waals surface area contributed by atoms with Gasteiger partial charge in [0.25, 0.3) is 0 Å². The minimum atomic E-state index is 0.617. The van der Waals surface area contributed by atoms with Gasteiger partial charge in [0.1, 0.15) is 17.3 Å². The summed E-state index contributed by atoms with van der Waals surface area (Å²) in [6, 6.07) is 7.80. The van der Waals surface area contributed by atoms with Gasteiger partial charge >= 0.3 is 0 Å². The van der Waals surface area contributed by atoms with Gasteiger partial charge in [0.05, 0.1) is 25.1 Å². The van der Waals surface area contributed by atoms with Gasteiger partial charge in [0, 0.05) is 11.1 Å². The number of methoxy groups -OCH3 is 1. The zero-order valence-corrected chi connectivity index (χ0v) is 13.4.